The quantitative estimate of drug-likeness (QED) is 0.308. The van der Waals surface area contributed by atoms with Gasteiger partial charge in [0.1, 0.15) is 5.82 Å². The molecule has 0 radical (unpaired) electrons. The van der Waals surface area contributed by atoms with Gasteiger partial charge < -0.3 is 15.5 Å². The summed E-state index contributed by atoms with van der Waals surface area (Å²) in [7, 11) is 0. The Kier molecular flexibility index (Phi) is 8.33. The number of amides is 3. The summed E-state index contributed by atoms with van der Waals surface area (Å²) in [5, 5.41) is 5.26. The van der Waals surface area contributed by atoms with Gasteiger partial charge >= 0.3 is 6.03 Å². The molecule has 3 aliphatic rings. The summed E-state index contributed by atoms with van der Waals surface area (Å²) >= 11 is 0. The van der Waals surface area contributed by atoms with Gasteiger partial charge in [-0.15, -0.1) is 0 Å². The lowest BCUT2D eigenvalue weighted by Crippen LogP contribution is -2.48. The van der Waals surface area contributed by atoms with Crippen LogP contribution < -0.4 is 10.6 Å². The smallest absolute Gasteiger partial charge is 0.319 e. The van der Waals surface area contributed by atoms with Crippen LogP contribution in [-0.4, -0.2) is 60.2 Å². The summed E-state index contributed by atoms with van der Waals surface area (Å²) < 4.78 is 14.7. The Morgan fingerprint density at radius 1 is 0.857 bits per heavy atom. The molecule has 2 atom stereocenters. The van der Waals surface area contributed by atoms with Crippen molar-refractivity contribution in [2.45, 2.75) is 38.1 Å². The number of benzene rings is 3. The molecule has 2 aliphatic carbocycles. The van der Waals surface area contributed by atoms with E-state index in [1.165, 1.54) is 17.7 Å². The zero-order valence-corrected chi connectivity index (χ0v) is 23.7. The molecule has 3 aromatic carbocycles. The second-order valence-corrected chi connectivity index (χ2v) is 11.9. The van der Waals surface area contributed by atoms with Crippen molar-refractivity contribution < 1.29 is 18.8 Å². The van der Waals surface area contributed by atoms with Gasteiger partial charge in [0.2, 0.25) is 0 Å². The number of nitrogens with one attached hydrogen (secondary N) is 2. The van der Waals surface area contributed by atoms with E-state index in [9.17, 15) is 18.8 Å². The van der Waals surface area contributed by atoms with Crippen molar-refractivity contribution in [2.24, 2.45) is 11.8 Å². The molecule has 8 heteroatoms. The minimum atomic E-state index is -0.632. The van der Waals surface area contributed by atoms with E-state index in [1.54, 1.807) is 11.0 Å². The van der Waals surface area contributed by atoms with E-state index >= 15 is 0 Å². The van der Waals surface area contributed by atoms with Crippen LogP contribution in [0.15, 0.2) is 72.8 Å². The summed E-state index contributed by atoms with van der Waals surface area (Å²) in [5.74, 6) is 0.787. The van der Waals surface area contributed by atoms with Crippen LogP contribution in [0.4, 0.5) is 14.9 Å². The van der Waals surface area contributed by atoms with Crippen LogP contribution in [0.25, 0.3) is 0 Å². The summed E-state index contributed by atoms with van der Waals surface area (Å²) in [6, 6.07) is 22.1. The molecule has 1 aliphatic heterocycles. The standard InChI is InChI=1S/C34H37FN4O3/c35-30-19-27(11-12-31(30)37-34(42)36-21-23-9-10-23)33(41)39-15-13-38(14-16-39)22-24-5-4-8-26(17-24)32(40)20-28-18-29(28)25-6-2-1-3-7-25/h1-8,11-12,17,19,23,28-29H,9-10,13-16,18,20-22H2,(H2,36,37,42)/t28-,29-/m0/s1. The molecule has 2 saturated carbocycles. The molecule has 3 fully saturated rings. The maximum Gasteiger partial charge on any atom is 0.319 e. The Hall–Kier alpha value is -4.04. The number of nitrogens with zero attached hydrogens (tertiary/aromatic N) is 2. The first-order valence-electron chi connectivity index (χ1n) is 15.0. The third-order valence-corrected chi connectivity index (χ3v) is 8.62. The molecule has 0 aromatic heterocycles. The van der Waals surface area contributed by atoms with E-state index in [2.05, 4.69) is 39.8 Å². The molecule has 1 saturated heterocycles. The number of urea groups is 1. The predicted octanol–water partition coefficient (Wildman–Crippen LogP) is 5.69. The van der Waals surface area contributed by atoms with E-state index in [4.69, 9.17) is 0 Å². The van der Waals surface area contributed by atoms with E-state index in [-0.39, 0.29) is 22.9 Å². The van der Waals surface area contributed by atoms with Crippen molar-refractivity contribution in [1.29, 1.82) is 0 Å². The van der Waals surface area contributed by atoms with Crippen molar-refractivity contribution in [3.05, 3.63) is 101 Å². The van der Waals surface area contributed by atoms with Crippen LogP contribution >= 0.6 is 0 Å². The van der Waals surface area contributed by atoms with E-state index < -0.39 is 11.8 Å². The second-order valence-electron chi connectivity index (χ2n) is 11.9. The van der Waals surface area contributed by atoms with E-state index in [0.717, 1.165) is 30.4 Å². The van der Waals surface area contributed by atoms with Crippen molar-refractivity contribution in [3.8, 4) is 0 Å². The Bertz CT molecular complexity index is 1450. The monoisotopic (exact) mass is 568 g/mol. The van der Waals surface area contributed by atoms with Crippen LogP contribution in [0.3, 0.4) is 0 Å². The topological polar surface area (TPSA) is 81.8 Å². The Labute approximate surface area is 246 Å². The minimum absolute atomic E-state index is 0.0542. The minimum Gasteiger partial charge on any atom is -0.338 e. The number of carbonyl (C=O) groups is 3. The van der Waals surface area contributed by atoms with Crippen molar-refractivity contribution in [1.82, 2.24) is 15.1 Å². The van der Waals surface area contributed by atoms with Crippen molar-refractivity contribution in [2.75, 3.05) is 38.0 Å². The number of piperazine rings is 1. The fraction of sp³-hybridized carbons (Fsp3) is 0.382. The lowest BCUT2D eigenvalue weighted by molar-refractivity contribution is 0.0627. The fourth-order valence-electron chi connectivity index (χ4n) is 5.81. The SMILES string of the molecule is O=C(NCC1CC1)Nc1ccc(C(=O)N2CCN(Cc3cccc(C(=O)C[C@@H]4C[C@H]4c4ccccc4)c3)CC2)cc1F. The van der Waals surface area contributed by atoms with Gasteiger partial charge in [-0.1, -0.05) is 48.5 Å². The van der Waals surface area contributed by atoms with E-state index in [1.807, 2.05) is 30.3 Å². The molecule has 0 bridgehead atoms. The second kappa shape index (κ2) is 12.4. The molecule has 7 nitrogen and oxygen atoms in total. The third kappa shape index (κ3) is 7.05. The number of halogens is 1. The molecule has 0 unspecified atom stereocenters. The Morgan fingerprint density at radius 2 is 1.64 bits per heavy atom. The lowest BCUT2D eigenvalue weighted by atomic mass is 10.0. The summed E-state index contributed by atoms with van der Waals surface area (Å²) in [5.41, 5.74) is 3.49. The zero-order valence-electron chi connectivity index (χ0n) is 23.7. The van der Waals surface area contributed by atoms with Crippen LogP contribution in [0.2, 0.25) is 0 Å². The highest BCUT2D eigenvalue weighted by Gasteiger charge is 2.39. The molecule has 2 N–H and O–H groups in total. The highest BCUT2D eigenvalue weighted by Crippen LogP contribution is 2.49. The summed E-state index contributed by atoms with van der Waals surface area (Å²) in [6.07, 6.45) is 3.88. The number of rotatable bonds is 10. The van der Waals surface area contributed by atoms with Gasteiger partial charge in [0.05, 0.1) is 5.69 Å². The summed E-state index contributed by atoms with van der Waals surface area (Å²) in [6.45, 7) is 3.74. The molecule has 3 amide bonds. The molecule has 6 rings (SSSR count). The number of ketones is 1. The molecular weight excluding hydrogens is 531 g/mol. The summed E-state index contributed by atoms with van der Waals surface area (Å²) in [4.78, 5) is 42.1. The molecule has 0 spiro atoms. The fourth-order valence-corrected chi connectivity index (χ4v) is 5.81. The van der Waals surface area contributed by atoms with Gasteiger partial charge in [0, 0.05) is 56.8 Å². The number of Topliss-reactive ketones (excluding diaryl/α,β-unsaturated/α-hetero) is 1. The first-order valence-corrected chi connectivity index (χ1v) is 15.0. The Balaban J connectivity index is 0.969. The van der Waals surface area contributed by atoms with Crippen LogP contribution in [0.1, 0.15) is 63.4 Å². The molecule has 42 heavy (non-hydrogen) atoms. The third-order valence-electron chi connectivity index (χ3n) is 8.62. The zero-order chi connectivity index (χ0) is 29.1. The van der Waals surface area contributed by atoms with Gasteiger partial charge in [-0.3, -0.25) is 14.5 Å². The van der Waals surface area contributed by atoms with Crippen LogP contribution in [0, 0.1) is 17.7 Å². The maximum atomic E-state index is 14.7. The average Bonchev–Trinajstić information content (AvgIpc) is 3.95. The van der Waals surface area contributed by atoms with Crippen molar-refractivity contribution in [3.63, 3.8) is 0 Å². The van der Waals surface area contributed by atoms with Crippen LogP contribution in [0.5, 0.6) is 0 Å². The lowest BCUT2D eigenvalue weighted by Gasteiger charge is -2.35. The highest BCUT2D eigenvalue weighted by atomic mass is 19.1. The normalized spacial score (nSPS) is 20.2. The number of hydrogen-bond acceptors (Lipinski definition) is 4. The van der Waals surface area contributed by atoms with Crippen molar-refractivity contribution >= 4 is 23.4 Å². The van der Waals surface area contributed by atoms with Crippen LogP contribution in [-0.2, 0) is 6.54 Å². The first-order chi connectivity index (χ1) is 20.4. The first kappa shape index (κ1) is 28.1. The van der Waals surface area contributed by atoms with Gasteiger partial charge in [-0.2, -0.15) is 0 Å². The van der Waals surface area contributed by atoms with Gasteiger partial charge in [-0.25, -0.2) is 9.18 Å². The highest BCUT2D eigenvalue weighted by molar-refractivity contribution is 5.97. The largest absolute Gasteiger partial charge is 0.338 e. The predicted molar refractivity (Wildman–Crippen MR) is 160 cm³/mol. The maximum absolute atomic E-state index is 14.7. The van der Waals surface area contributed by atoms with Gasteiger partial charge in [-0.05, 0) is 72.4 Å². The number of carbonyl (C=O) groups excluding carboxylic acids is 3. The Morgan fingerprint density at radius 3 is 2.38 bits per heavy atom. The molecule has 3 aromatic rings. The molecule has 218 valence electrons. The molecule has 1 heterocycles. The number of hydrogen-bond donors (Lipinski definition) is 2. The number of anilines is 1. The molecular formula is C34H37FN4O3. The average molecular weight is 569 g/mol. The van der Waals surface area contributed by atoms with Gasteiger partial charge in [0.15, 0.2) is 5.78 Å². The van der Waals surface area contributed by atoms with E-state index in [0.29, 0.717) is 63.4 Å². The van der Waals surface area contributed by atoms with Gasteiger partial charge in [0.25, 0.3) is 5.91 Å².